The molecule has 4 heterocycles. The standard InChI is InChI=1S/C29H22N2O5S3/c1-15-27(30-29(34)36-16(2)17-6-4-3-5-7-17)28(39-31-15)25-13-24-23(38-25)12-22(37-24)18-8-9-20-19(11-26(32)33)14-35-21(20)10-18/h3-10,12-14,16H,11H2,1-2H3,(H,30,34)(H,32,33)/t16-/m1/s1. The summed E-state index contributed by atoms with van der Waals surface area (Å²) in [7, 11) is 0. The average molecular weight is 575 g/mol. The number of hydrogen-bond acceptors (Lipinski definition) is 8. The van der Waals surface area contributed by atoms with Crippen LogP contribution in [0.15, 0.2) is 71.3 Å². The minimum atomic E-state index is -0.885. The Morgan fingerprint density at radius 3 is 2.56 bits per heavy atom. The number of carboxylic acids is 1. The van der Waals surface area contributed by atoms with Gasteiger partial charge >= 0.3 is 12.1 Å². The van der Waals surface area contributed by atoms with Crippen LogP contribution in [0.4, 0.5) is 10.5 Å². The lowest BCUT2D eigenvalue weighted by Crippen LogP contribution is -2.16. The second-order valence-corrected chi connectivity index (χ2v) is 12.0. The van der Waals surface area contributed by atoms with Crippen molar-refractivity contribution >= 4 is 72.3 Å². The van der Waals surface area contributed by atoms with Crippen molar-refractivity contribution < 1.29 is 23.8 Å². The smallest absolute Gasteiger partial charge is 0.412 e. The number of carboxylic acid groups (broad SMARTS) is 1. The van der Waals surface area contributed by atoms with E-state index in [0.29, 0.717) is 16.8 Å². The van der Waals surface area contributed by atoms with Crippen molar-refractivity contribution in [2.24, 2.45) is 0 Å². The summed E-state index contributed by atoms with van der Waals surface area (Å²) >= 11 is 4.67. The maximum Gasteiger partial charge on any atom is 0.412 e. The highest BCUT2D eigenvalue weighted by Crippen LogP contribution is 2.45. The minimum Gasteiger partial charge on any atom is -0.481 e. The number of aliphatic carboxylic acids is 1. The van der Waals surface area contributed by atoms with Crippen LogP contribution in [-0.4, -0.2) is 21.5 Å². The molecule has 10 heteroatoms. The van der Waals surface area contributed by atoms with E-state index in [9.17, 15) is 9.59 Å². The summed E-state index contributed by atoms with van der Waals surface area (Å²) in [4.78, 5) is 26.8. The second kappa shape index (κ2) is 10.3. The molecule has 2 N–H and O–H groups in total. The summed E-state index contributed by atoms with van der Waals surface area (Å²) in [6.07, 6.45) is 0.553. The average Bonchev–Trinajstić information content (AvgIpc) is 3.68. The third-order valence-corrected chi connectivity index (χ3v) is 9.82. The van der Waals surface area contributed by atoms with Gasteiger partial charge < -0.3 is 14.3 Å². The van der Waals surface area contributed by atoms with Gasteiger partial charge in [0, 0.05) is 25.2 Å². The molecular formula is C29H22N2O5S3. The molecule has 39 heavy (non-hydrogen) atoms. The van der Waals surface area contributed by atoms with Gasteiger partial charge in [0.15, 0.2) is 0 Å². The number of carbonyl (C=O) groups is 2. The normalized spacial score (nSPS) is 12.2. The number of carbonyl (C=O) groups excluding carboxylic acids is 1. The number of benzene rings is 2. The van der Waals surface area contributed by atoms with Gasteiger partial charge in [-0.2, -0.15) is 4.37 Å². The van der Waals surface area contributed by atoms with Crippen LogP contribution in [0.5, 0.6) is 0 Å². The van der Waals surface area contributed by atoms with Gasteiger partial charge in [-0.1, -0.05) is 42.5 Å². The van der Waals surface area contributed by atoms with Crippen molar-refractivity contribution in [1.82, 2.24) is 4.37 Å². The van der Waals surface area contributed by atoms with E-state index in [4.69, 9.17) is 14.3 Å². The number of amides is 1. The molecule has 196 valence electrons. The maximum atomic E-state index is 12.7. The van der Waals surface area contributed by atoms with E-state index >= 15 is 0 Å². The van der Waals surface area contributed by atoms with Gasteiger partial charge in [0.2, 0.25) is 0 Å². The Bertz CT molecular complexity index is 1800. The van der Waals surface area contributed by atoms with Crippen LogP contribution in [0.2, 0.25) is 0 Å². The highest BCUT2D eigenvalue weighted by molar-refractivity contribution is 7.32. The van der Waals surface area contributed by atoms with Crippen LogP contribution < -0.4 is 5.32 Å². The van der Waals surface area contributed by atoms with Crippen molar-refractivity contribution in [3.8, 4) is 20.2 Å². The molecular weight excluding hydrogens is 553 g/mol. The van der Waals surface area contributed by atoms with Crippen LogP contribution >= 0.6 is 34.2 Å². The zero-order valence-electron chi connectivity index (χ0n) is 20.9. The van der Waals surface area contributed by atoms with Crippen LogP contribution in [0, 0.1) is 6.92 Å². The number of aryl methyl sites for hydroxylation is 1. The lowest BCUT2D eigenvalue weighted by Gasteiger charge is -2.14. The molecule has 0 bridgehead atoms. The van der Waals surface area contributed by atoms with Gasteiger partial charge in [-0.25, -0.2) is 4.79 Å². The SMILES string of the molecule is Cc1nsc(-c2cc3sc(-c4ccc5c(CC(=O)O)coc5c4)cc3s2)c1NC(=O)O[C@H](C)c1ccccc1. The molecule has 0 radical (unpaired) electrons. The molecule has 0 saturated heterocycles. The topological polar surface area (TPSA) is 102 Å². The number of fused-ring (bicyclic) bond motifs is 2. The number of nitrogens with zero attached hydrogens (tertiary/aromatic N) is 1. The summed E-state index contributed by atoms with van der Waals surface area (Å²) in [5, 5.41) is 12.8. The van der Waals surface area contributed by atoms with E-state index in [1.807, 2.05) is 62.4 Å². The predicted octanol–water partition coefficient (Wildman–Crippen LogP) is 8.74. The van der Waals surface area contributed by atoms with Crippen molar-refractivity contribution in [1.29, 1.82) is 0 Å². The maximum absolute atomic E-state index is 12.7. The molecule has 0 aliphatic heterocycles. The number of anilines is 1. The molecule has 2 aromatic carbocycles. The number of hydrogen-bond donors (Lipinski definition) is 2. The Kier molecular flexibility index (Phi) is 6.68. The van der Waals surface area contributed by atoms with E-state index < -0.39 is 12.1 Å². The van der Waals surface area contributed by atoms with Gasteiger partial charge in [-0.05, 0) is 54.7 Å². The molecule has 0 aliphatic rings. The first-order valence-corrected chi connectivity index (χ1v) is 14.5. The number of ether oxygens (including phenoxy) is 1. The molecule has 6 rings (SSSR count). The zero-order valence-corrected chi connectivity index (χ0v) is 23.3. The quantitative estimate of drug-likeness (QED) is 0.198. The molecule has 0 fully saturated rings. The van der Waals surface area contributed by atoms with E-state index in [0.717, 1.165) is 46.2 Å². The van der Waals surface area contributed by atoms with Gasteiger partial charge in [-0.15, -0.1) is 22.7 Å². The highest BCUT2D eigenvalue weighted by Gasteiger charge is 2.21. The van der Waals surface area contributed by atoms with E-state index in [1.165, 1.54) is 17.8 Å². The molecule has 0 aliphatic carbocycles. The number of furan rings is 1. The van der Waals surface area contributed by atoms with Crippen LogP contribution in [0.25, 0.3) is 40.6 Å². The Morgan fingerprint density at radius 1 is 1.05 bits per heavy atom. The summed E-state index contributed by atoms with van der Waals surface area (Å²) in [5.74, 6) is -0.885. The summed E-state index contributed by atoms with van der Waals surface area (Å²) in [5.41, 5.74) is 4.69. The highest BCUT2D eigenvalue weighted by atomic mass is 32.1. The van der Waals surface area contributed by atoms with E-state index in [-0.39, 0.29) is 12.5 Å². The monoisotopic (exact) mass is 574 g/mol. The predicted molar refractivity (Wildman–Crippen MR) is 157 cm³/mol. The molecule has 1 amide bonds. The fraction of sp³-hybridized carbons (Fsp3) is 0.138. The number of nitrogens with one attached hydrogen (secondary N) is 1. The van der Waals surface area contributed by atoms with Crippen LogP contribution in [-0.2, 0) is 16.0 Å². The molecule has 6 aromatic rings. The van der Waals surface area contributed by atoms with Crippen molar-refractivity contribution in [2.45, 2.75) is 26.4 Å². The Hall–Kier alpha value is -3.99. The van der Waals surface area contributed by atoms with Gasteiger partial charge in [-0.3, -0.25) is 10.1 Å². The summed E-state index contributed by atoms with van der Waals surface area (Å²) in [6, 6.07) is 19.8. The largest absolute Gasteiger partial charge is 0.481 e. The summed E-state index contributed by atoms with van der Waals surface area (Å²) in [6.45, 7) is 3.72. The molecule has 4 aromatic heterocycles. The Balaban J connectivity index is 1.22. The molecule has 0 saturated carbocycles. The first kappa shape index (κ1) is 25.3. The van der Waals surface area contributed by atoms with Crippen molar-refractivity contribution in [3.05, 3.63) is 83.7 Å². The third kappa shape index (κ3) is 5.06. The fourth-order valence-electron chi connectivity index (χ4n) is 4.40. The Labute approximate surface area is 235 Å². The van der Waals surface area contributed by atoms with Crippen LogP contribution in [0.1, 0.15) is 29.8 Å². The number of thiophene rings is 2. The first-order valence-electron chi connectivity index (χ1n) is 12.1. The lowest BCUT2D eigenvalue weighted by atomic mass is 10.1. The molecule has 0 spiro atoms. The zero-order chi connectivity index (χ0) is 27.1. The Morgan fingerprint density at radius 2 is 1.79 bits per heavy atom. The van der Waals surface area contributed by atoms with Crippen molar-refractivity contribution in [3.63, 3.8) is 0 Å². The van der Waals surface area contributed by atoms with Gasteiger partial charge in [0.25, 0.3) is 0 Å². The van der Waals surface area contributed by atoms with Gasteiger partial charge in [0.1, 0.15) is 11.7 Å². The van der Waals surface area contributed by atoms with Crippen molar-refractivity contribution in [2.75, 3.05) is 5.32 Å². The minimum absolute atomic E-state index is 0.0679. The van der Waals surface area contributed by atoms with E-state index in [1.54, 1.807) is 22.7 Å². The first-order chi connectivity index (χ1) is 18.9. The number of rotatable bonds is 7. The molecule has 1 atom stereocenters. The van der Waals surface area contributed by atoms with Gasteiger partial charge in [0.05, 0.1) is 33.8 Å². The lowest BCUT2D eigenvalue weighted by molar-refractivity contribution is -0.136. The summed E-state index contributed by atoms with van der Waals surface area (Å²) < 4.78 is 18.0. The fourth-order valence-corrected chi connectivity index (χ4v) is 7.73. The molecule has 0 unspecified atom stereocenters. The number of aromatic nitrogens is 1. The second-order valence-electron chi connectivity index (χ2n) is 9.05. The molecule has 7 nitrogen and oxygen atoms in total. The van der Waals surface area contributed by atoms with Crippen LogP contribution in [0.3, 0.4) is 0 Å². The van der Waals surface area contributed by atoms with E-state index in [2.05, 4.69) is 21.8 Å². The third-order valence-electron chi connectivity index (χ3n) is 6.36.